The molecule has 0 saturated heterocycles. The summed E-state index contributed by atoms with van der Waals surface area (Å²) in [6.45, 7) is 3.57. The normalized spacial score (nSPS) is 11.7. The van der Waals surface area contributed by atoms with Gasteiger partial charge >= 0.3 is 5.97 Å². The second kappa shape index (κ2) is 9.72. The largest absolute Gasteiger partial charge is 0.478 e. The van der Waals surface area contributed by atoms with Crippen LogP contribution < -0.4 is 10.6 Å². The van der Waals surface area contributed by atoms with Crippen molar-refractivity contribution in [3.05, 3.63) is 101 Å². The number of rotatable bonds is 7. The minimum absolute atomic E-state index is 0.0282. The van der Waals surface area contributed by atoms with Crippen molar-refractivity contribution in [3.63, 3.8) is 0 Å². The SMILES string of the molecule is Cc1cc(CNC(=O)c2cc(C(=O)N[C@@H](C)c3ccc(C(=O)O)cc3)n3cncc3n2)ccc1F. The van der Waals surface area contributed by atoms with Gasteiger partial charge in [0.05, 0.1) is 17.8 Å². The standard InChI is InChI=1S/C25H22FN5O4/c1-14-9-16(3-8-19(14)26)11-28-23(32)20-10-21(31-13-27-12-22(31)30-20)24(33)29-15(2)17-4-6-18(7-5-17)25(34)35/h3-10,12-13,15H,11H2,1-2H3,(H,28,32)(H,29,33)(H,34,35)/t15-/m0/s1. The molecule has 0 bridgehead atoms. The molecule has 0 aliphatic carbocycles. The van der Waals surface area contributed by atoms with Gasteiger partial charge in [-0.3, -0.25) is 14.0 Å². The number of carboxylic acid groups (broad SMARTS) is 1. The number of benzene rings is 2. The zero-order valence-electron chi connectivity index (χ0n) is 18.9. The van der Waals surface area contributed by atoms with Crippen molar-refractivity contribution in [2.45, 2.75) is 26.4 Å². The monoisotopic (exact) mass is 475 g/mol. The van der Waals surface area contributed by atoms with E-state index in [2.05, 4.69) is 20.6 Å². The molecule has 178 valence electrons. The molecule has 3 N–H and O–H groups in total. The Morgan fingerprint density at radius 2 is 1.83 bits per heavy atom. The average Bonchev–Trinajstić information content (AvgIpc) is 3.32. The number of carbonyl (C=O) groups is 3. The molecule has 9 nitrogen and oxygen atoms in total. The third kappa shape index (κ3) is 5.16. The zero-order valence-corrected chi connectivity index (χ0v) is 18.9. The van der Waals surface area contributed by atoms with Gasteiger partial charge in [0.1, 0.15) is 23.5 Å². The number of imidazole rings is 1. The van der Waals surface area contributed by atoms with Gasteiger partial charge in [-0.25, -0.2) is 19.2 Å². The molecule has 0 spiro atoms. The lowest BCUT2D eigenvalue weighted by Crippen LogP contribution is -2.30. The van der Waals surface area contributed by atoms with Crippen molar-refractivity contribution in [2.24, 2.45) is 0 Å². The van der Waals surface area contributed by atoms with Gasteiger partial charge in [-0.2, -0.15) is 0 Å². The summed E-state index contributed by atoms with van der Waals surface area (Å²) in [6.07, 6.45) is 2.86. The van der Waals surface area contributed by atoms with Crippen LogP contribution in [0.2, 0.25) is 0 Å². The number of amides is 2. The molecule has 4 rings (SSSR count). The summed E-state index contributed by atoms with van der Waals surface area (Å²) >= 11 is 0. The highest BCUT2D eigenvalue weighted by atomic mass is 19.1. The van der Waals surface area contributed by atoms with Crippen LogP contribution in [0.15, 0.2) is 61.1 Å². The number of carbonyl (C=O) groups excluding carboxylic acids is 2. The Bertz CT molecular complexity index is 1430. The molecule has 0 fully saturated rings. The predicted molar refractivity (Wildman–Crippen MR) is 125 cm³/mol. The summed E-state index contributed by atoms with van der Waals surface area (Å²) < 4.78 is 14.9. The molecule has 35 heavy (non-hydrogen) atoms. The Balaban J connectivity index is 1.53. The zero-order chi connectivity index (χ0) is 25.1. The Hall–Kier alpha value is -4.60. The lowest BCUT2D eigenvalue weighted by molar-refractivity contribution is 0.0696. The maximum atomic E-state index is 13.5. The fourth-order valence-electron chi connectivity index (χ4n) is 3.56. The van der Waals surface area contributed by atoms with Crippen LogP contribution in [0.3, 0.4) is 0 Å². The van der Waals surface area contributed by atoms with Crippen molar-refractivity contribution in [3.8, 4) is 0 Å². The van der Waals surface area contributed by atoms with E-state index in [1.165, 1.54) is 41.2 Å². The van der Waals surface area contributed by atoms with Crippen LogP contribution in [-0.2, 0) is 6.54 Å². The van der Waals surface area contributed by atoms with Crippen molar-refractivity contribution >= 4 is 23.4 Å². The lowest BCUT2D eigenvalue weighted by Gasteiger charge is -2.16. The van der Waals surface area contributed by atoms with Gasteiger partial charge in [0.25, 0.3) is 11.8 Å². The summed E-state index contributed by atoms with van der Waals surface area (Å²) in [5.41, 5.74) is 2.56. The first-order valence-electron chi connectivity index (χ1n) is 10.7. The van der Waals surface area contributed by atoms with E-state index < -0.39 is 23.8 Å². The van der Waals surface area contributed by atoms with Gasteiger partial charge in [-0.05, 0) is 54.8 Å². The van der Waals surface area contributed by atoms with E-state index in [0.717, 1.165) is 5.56 Å². The molecule has 0 unspecified atom stereocenters. The maximum Gasteiger partial charge on any atom is 0.335 e. The van der Waals surface area contributed by atoms with Crippen molar-refractivity contribution in [1.82, 2.24) is 25.0 Å². The second-order valence-corrected chi connectivity index (χ2v) is 8.04. The molecular weight excluding hydrogens is 453 g/mol. The van der Waals surface area contributed by atoms with Crippen LogP contribution in [0, 0.1) is 12.7 Å². The number of carboxylic acids is 1. The van der Waals surface area contributed by atoms with Crippen molar-refractivity contribution in [1.29, 1.82) is 0 Å². The Kier molecular flexibility index (Phi) is 6.54. The van der Waals surface area contributed by atoms with Crippen LogP contribution in [0.5, 0.6) is 0 Å². The number of halogens is 1. The molecule has 2 heterocycles. The lowest BCUT2D eigenvalue weighted by atomic mass is 10.1. The van der Waals surface area contributed by atoms with Gasteiger partial charge in [0.15, 0.2) is 5.65 Å². The van der Waals surface area contributed by atoms with Crippen LogP contribution in [0.25, 0.3) is 5.65 Å². The first-order chi connectivity index (χ1) is 16.7. The van der Waals surface area contributed by atoms with Crippen LogP contribution >= 0.6 is 0 Å². The molecule has 0 saturated carbocycles. The Labute approximate surface area is 199 Å². The fourth-order valence-corrected chi connectivity index (χ4v) is 3.56. The van der Waals surface area contributed by atoms with Crippen LogP contribution in [0.1, 0.15) is 61.0 Å². The first kappa shape index (κ1) is 23.6. The molecule has 4 aromatic rings. The average molecular weight is 475 g/mol. The topological polar surface area (TPSA) is 126 Å². The predicted octanol–water partition coefficient (Wildman–Crippen LogP) is 3.30. The van der Waals surface area contributed by atoms with E-state index in [0.29, 0.717) is 16.8 Å². The number of aryl methyl sites for hydroxylation is 1. The minimum atomic E-state index is -1.03. The molecule has 10 heteroatoms. The number of hydrogen-bond donors (Lipinski definition) is 3. The van der Waals surface area contributed by atoms with Gasteiger partial charge < -0.3 is 15.7 Å². The maximum absolute atomic E-state index is 13.5. The number of nitrogens with one attached hydrogen (secondary N) is 2. The van der Waals surface area contributed by atoms with Gasteiger partial charge in [-0.15, -0.1) is 0 Å². The quantitative estimate of drug-likeness (QED) is 0.377. The van der Waals surface area contributed by atoms with Crippen molar-refractivity contribution < 1.29 is 23.9 Å². The van der Waals surface area contributed by atoms with E-state index >= 15 is 0 Å². The summed E-state index contributed by atoms with van der Waals surface area (Å²) in [6, 6.07) is 11.7. The molecule has 0 aliphatic heterocycles. The number of fused-ring (bicyclic) bond motifs is 1. The third-order valence-electron chi connectivity index (χ3n) is 5.53. The second-order valence-electron chi connectivity index (χ2n) is 8.04. The summed E-state index contributed by atoms with van der Waals surface area (Å²) in [5, 5.41) is 14.6. The van der Waals surface area contributed by atoms with E-state index in [1.54, 1.807) is 38.1 Å². The third-order valence-corrected chi connectivity index (χ3v) is 5.53. The fraction of sp³-hybridized carbons (Fsp3) is 0.160. The molecule has 0 radical (unpaired) electrons. The van der Waals surface area contributed by atoms with E-state index in [1.807, 2.05) is 0 Å². The summed E-state index contributed by atoms with van der Waals surface area (Å²) in [4.78, 5) is 45.2. The highest BCUT2D eigenvalue weighted by Crippen LogP contribution is 2.16. The molecular formula is C25H22FN5O4. The highest BCUT2D eigenvalue weighted by Gasteiger charge is 2.19. The highest BCUT2D eigenvalue weighted by molar-refractivity contribution is 5.98. The summed E-state index contributed by atoms with van der Waals surface area (Å²) in [7, 11) is 0. The first-order valence-corrected chi connectivity index (χ1v) is 10.7. The van der Waals surface area contributed by atoms with E-state index in [-0.39, 0.29) is 29.3 Å². The van der Waals surface area contributed by atoms with E-state index in [9.17, 15) is 18.8 Å². The molecule has 0 aliphatic rings. The molecule has 2 aromatic carbocycles. The van der Waals surface area contributed by atoms with Gasteiger partial charge in [-0.1, -0.05) is 24.3 Å². The van der Waals surface area contributed by atoms with Gasteiger partial charge in [0.2, 0.25) is 0 Å². The molecule has 1 atom stereocenters. The number of nitrogens with zero attached hydrogens (tertiary/aromatic N) is 3. The van der Waals surface area contributed by atoms with Gasteiger partial charge in [0, 0.05) is 6.54 Å². The Morgan fingerprint density at radius 3 is 2.51 bits per heavy atom. The van der Waals surface area contributed by atoms with Crippen molar-refractivity contribution in [2.75, 3.05) is 0 Å². The molecule has 2 amide bonds. The number of aromatic carboxylic acids is 1. The Morgan fingerprint density at radius 1 is 1.09 bits per heavy atom. The summed E-state index contributed by atoms with van der Waals surface area (Å²) in [5.74, 6) is -2.32. The smallest absolute Gasteiger partial charge is 0.335 e. The van der Waals surface area contributed by atoms with Crippen LogP contribution in [0.4, 0.5) is 4.39 Å². The number of hydrogen-bond acceptors (Lipinski definition) is 5. The van der Waals surface area contributed by atoms with E-state index in [4.69, 9.17) is 5.11 Å². The minimum Gasteiger partial charge on any atom is -0.478 e. The number of aromatic nitrogens is 3. The molecule has 2 aromatic heterocycles. The van der Waals surface area contributed by atoms with Crippen LogP contribution in [-0.4, -0.2) is 37.3 Å².